The van der Waals surface area contributed by atoms with Crippen LogP contribution in [0.25, 0.3) is 0 Å². The molecule has 27 heavy (non-hydrogen) atoms. The number of halogens is 1. The van der Waals surface area contributed by atoms with Crippen LogP contribution in [0, 0.1) is 0 Å². The van der Waals surface area contributed by atoms with Gasteiger partial charge in [-0.05, 0) is 37.3 Å². The Morgan fingerprint density at radius 1 is 1.19 bits per heavy atom. The predicted octanol–water partition coefficient (Wildman–Crippen LogP) is 3.21. The number of benzene rings is 1. The summed E-state index contributed by atoms with van der Waals surface area (Å²) in [4.78, 5) is 14.6. The molecule has 1 aromatic carbocycles. The number of hydrogen-bond donors (Lipinski definition) is 0. The maximum atomic E-state index is 13.0. The number of hydrogen-bond acceptors (Lipinski definition) is 5. The number of rotatable bonds is 2. The second-order valence-electron chi connectivity index (χ2n) is 7.10. The Labute approximate surface area is 163 Å². The molecule has 2 aliphatic rings. The second-order valence-corrected chi connectivity index (χ2v) is 9.81. The Hall–Kier alpha value is -1.86. The van der Waals surface area contributed by atoms with E-state index in [9.17, 15) is 13.2 Å². The topological polar surface area (TPSA) is 80.5 Å². The fourth-order valence-electron chi connectivity index (χ4n) is 3.93. The molecule has 0 radical (unpaired) electrons. The summed E-state index contributed by atoms with van der Waals surface area (Å²) in [7, 11) is -3.41. The lowest BCUT2D eigenvalue weighted by molar-refractivity contribution is 0.0755. The van der Waals surface area contributed by atoms with Crippen LogP contribution in [-0.4, -0.2) is 43.2 Å². The molecule has 1 unspecified atom stereocenters. The number of aromatic nitrogens is 1. The molecule has 144 valence electrons. The average Bonchev–Trinajstić information content (AvgIpc) is 3.02. The summed E-state index contributed by atoms with van der Waals surface area (Å²) in [6.45, 7) is 0.499. The van der Waals surface area contributed by atoms with Gasteiger partial charge in [0, 0.05) is 30.1 Å². The van der Waals surface area contributed by atoms with Crippen molar-refractivity contribution in [2.75, 3.05) is 18.8 Å². The molecule has 1 atom stereocenters. The van der Waals surface area contributed by atoms with E-state index in [4.69, 9.17) is 16.1 Å². The van der Waals surface area contributed by atoms with Crippen LogP contribution in [0.2, 0.25) is 5.02 Å². The second kappa shape index (κ2) is 7.28. The van der Waals surface area contributed by atoms with Crippen molar-refractivity contribution in [1.82, 2.24) is 10.1 Å². The van der Waals surface area contributed by atoms with Crippen molar-refractivity contribution in [3.05, 3.63) is 51.9 Å². The highest BCUT2D eigenvalue weighted by Crippen LogP contribution is 2.34. The minimum atomic E-state index is -3.41. The molecular weight excluding hydrogens is 388 g/mol. The summed E-state index contributed by atoms with van der Waals surface area (Å²) >= 11 is 6.23. The van der Waals surface area contributed by atoms with Gasteiger partial charge in [-0.1, -0.05) is 35.0 Å². The molecule has 0 N–H and O–H groups in total. The summed E-state index contributed by atoms with van der Waals surface area (Å²) in [6, 6.07) is 7.00. The van der Waals surface area contributed by atoms with Crippen LogP contribution in [0.3, 0.4) is 0 Å². The van der Waals surface area contributed by atoms with Crippen molar-refractivity contribution in [3.63, 3.8) is 0 Å². The fraction of sp³-hybridized carbons (Fsp3) is 0.474. The van der Waals surface area contributed by atoms with Gasteiger partial charge in [0.2, 0.25) is 0 Å². The molecule has 8 heteroatoms. The number of amides is 1. The van der Waals surface area contributed by atoms with Gasteiger partial charge in [-0.3, -0.25) is 4.79 Å². The van der Waals surface area contributed by atoms with Gasteiger partial charge >= 0.3 is 0 Å². The molecule has 1 fully saturated rings. The van der Waals surface area contributed by atoms with Crippen molar-refractivity contribution < 1.29 is 17.7 Å². The molecule has 1 aromatic heterocycles. The molecule has 1 saturated heterocycles. The van der Waals surface area contributed by atoms with E-state index < -0.39 is 15.1 Å². The van der Waals surface area contributed by atoms with Crippen molar-refractivity contribution >= 4 is 27.3 Å². The lowest BCUT2D eigenvalue weighted by atomic mass is 9.96. The van der Waals surface area contributed by atoms with Gasteiger partial charge in [0.1, 0.15) is 5.76 Å². The quantitative estimate of drug-likeness (QED) is 0.762. The Balaban J connectivity index is 1.58. The molecule has 0 saturated carbocycles. The maximum Gasteiger partial charge on any atom is 0.276 e. The summed E-state index contributed by atoms with van der Waals surface area (Å²) in [5.41, 5.74) is 1.84. The van der Waals surface area contributed by atoms with Gasteiger partial charge in [0.15, 0.2) is 15.5 Å². The first kappa shape index (κ1) is 18.5. The Bertz CT molecular complexity index is 970. The fourth-order valence-corrected chi connectivity index (χ4v) is 6.08. The minimum absolute atomic E-state index is 0.0886. The van der Waals surface area contributed by atoms with Crippen LogP contribution >= 0.6 is 11.6 Å². The van der Waals surface area contributed by atoms with E-state index in [1.54, 1.807) is 29.2 Å². The SMILES string of the molecule is O=C(c1noc2c1CCCC2)N1CCC(c2ccccc2Cl)S(=O)(=O)CC1. The number of aryl methyl sites for hydroxylation is 1. The van der Waals surface area contributed by atoms with Gasteiger partial charge in [-0.2, -0.15) is 0 Å². The predicted molar refractivity (Wildman–Crippen MR) is 102 cm³/mol. The van der Waals surface area contributed by atoms with E-state index in [0.717, 1.165) is 37.0 Å². The summed E-state index contributed by atoms with van der Waals surface area (Å²) < 4.78 is 31.0. The Morgan fingerprint density at radius 3 is 2.78 bits per heavy atom. The zero-order valence-electron chi connectivity index (χ0n) is 14.9. The van der Waals surface area contributed by atoms with Gasteiger partial charge in [-0.15, -0.1) is 0 Å². The molecule has 1 aliphatic carbocycles. The number of carbonyl (C=O) groups is 1. The highest BCUT2D eigenvalue weighted by molar-refractivity contribution is 7.91. The van der Waals surface area contributed by atoms with E-state index in [1.807, 2.05) is 0 Å². The summed E-state index contributed by atoms with van der Waals surface area (Å²) in [5, 5.41) is 3.74. The smallest absolute Gasteiger partial charge is 0.276 e. The van der Waals surface area contributed by atoms with Gasteiger partial charge in [0.05, 0.1) is 11.0 Å². The first-order valence-electron chi connectivity index (χ1n) is 9.20. The highest BCUT2D eigenvalue weighted by atomic mass is 35.5. The number of nitrogens with zero attached hydrogens (tertiary/aromatic N) is 2. The average molecular weight is 409 g/mol. The maximum absolute atomic E-state index is 13.0. The van der Waals surface area contributed by atoms with Gasteiger partial charge in [0.25, 0.3) is 5.91 Å². The molecular formula is C19H21ClN2O4S. The van der Waals surface area contributed by atoms with Crippen LogP contribution in [0.5, 0.6) is 0 Å². The van der Waals surface area contributed by atoms with E-state index >= 15 is 0 Å². The van der Waals surface area contributed by atoms with Crippen LogP contribution in [-0.2, 0) is 22.7 Å². The van der Waals surface area contributed by atoms with Crippen LogP contribution in [0.1, 0.15) is 51.9 Å². The van der Waals surface area contributed by atoms with E-state index in [0.29, 0.717) is 29.2 Å². The Kier molecular flexibility index (Phi) is 4.99. The lowest BCUT2D eigenvalue weighted by Gasteiger charge is -2.20. The standard InChI is InChI=1S/C19H21ClN2O4S/c20-15-7-3-1-5-13(15)17-9-10-22(11-12-27(17,24)25)19(23)18-14-6-2-4-8-16(14)26-21-18/h1,3,5,7,17H,2,4,6,8-12H2. The molecule has 2 aromatic rings. The van der Waals surface area contributed by atoms with E-state index in [2.05, 4.69) is 5.16 Å². The van der Waals surface area contributed by atoms with E-state index in [1.165, 1.54) is 0 Å². The normalized spacial score (nSPS) is 22.1. The summed E-state index contributed by atoms with van der Waals surface area (Å²) in [5.74, 6) is 0.465. The largest absolute Gasteiger partial charge is 0.360 e. The molecule has 1 aliphatic heterocycles. The molecule has 4 rings (SSSR count). The Morgan fingerprint density at radius 2 is 1.96 bits per heavy atom. The number of carbonyl (C=O) groups excluding carboxylic acids is 1. The van der Waals surface area contributed by atoms with Crippen molar-refractivity contribution in [1.29, 1.82) is 0 Å². The highest BCUT2D eigenvalue weighted by Gasteiger charge is 2.35. The third kappa shape index (κ3) is 3.50. The number of sulfone groups is 1. The van der Waals surface area contributed by atoms with Gasteiger partial charge < -0.3 is 9.42 Å². The lowest BCUT2D eigenvalue weighted by Crippen LogP contribution is -2.34. The molecule has 2 heterocycles. The van der Waals surface area contributed by atoms with Crippen LogP contribution < -0.4 is 0 Å². The van der Waals surface area contributed by atoms with Crippen molar-refractivity contribution in [3.8, 4) is 0 Å². The monoisotopic (exact) mass is 408 g/mol. The molecule has 6 nitrogen and oxygen atoms in total. The molecule has 1 amide bonds. The molecule has 0 bridgehead atoms. The van der Waals surface area contributed by atoms with Crippen molar-refractivity contribution in [2.24, 2.45) is 0 Å². The van der Waals surface area contributed by atoms with E-state index in [-0.39, 0.29) is 18.2 Å². The van der Waals surface area contributed by atoms with Crippen LogP contribution in [0.15, 0.2) is 28.8 Å². The summed E-state index contributed by atoms with van der Waals surface area (Å²) in [6.07, 6.45) is 3.96. The van der Waals surface area contributed by atoms with Crippen molar-refractivity contribution in [2.45, 2.75) is 37.4 Å². The zero-order valence-corrected chi connectivity index (χ0v) is 16.4. The first-order valence-corrected chi connectivity index (χ1v) is 11.3. The third-order valence-electron chi connectivity index (χ3n) is 5.43. The molecule has 0 spiro atoms. The van der Waals surface area contributed by atoms with Gasteiger partial charge in [-0.25, -0.2) is 8.42 Å². The first-order chi connectivity index (χ1) is 13.0. The number of fused-ring (bicyclic) bond motifs is 1. The minimum Gasteiger partial charge on any atom is -0.360 e. The zero-order chi connectivity index (χ0) is 19.0. The van der Waals surface area contributed by atoms with Crippen LogP contribution in [0.4, 0.5) is 0 Å². The third-order valence-corrected chi connectivity index (χ3v) is 7.88.